The van der Waals surface area contributed by atoms with Gasteiger partial charge in [0.2, 0.25) is 5.91 Å². The highest BCUT2D eigenvalue weighted by Gasteiger charge is 2.06. The Kier molecular flexibility index (Phi) is 3.71. The molecule has 0 atom stereocenters. The average molecular weight is 250 g/mol. The molecular weight excluding hydrogens is 236 g/mol. The maximum atomic E-state index is 11.3. The molecular formula is C12H14N2O2S. The number of amides is 1. The van der Waals surface area contributed by atoms with Crippen LogP contribution < -0.4 is 0 Å². The third-order valence-electron chi connectivity index (χ3n) is 2.29. The summed E-state index contributed by atoms with van der Waals surface area (Å²) in [5.74, 6) is -0.0360. The van der Waals surface area contributed by atoms with Crippen molar-refractivity contribution < 1.29 is 9.53 Å². The van der Waals surface area contributed by atoms with Crippen LogP contribution in [0.25, 0.3) is 10.2 Å². The van der Waals surface area contributed by atoms with Crippen molar-refractivity contribution in [1.29, 1.82) is 0 Å². The van der Waals surface area contributed by atoms with E-state index in [1.165, 1.54) is 4.90 Å². The second-order valence-corrected chi connectivity index (χ2v) is 4.97. The lowest BCUT2D eigenvalue weighted by Crippen LogP contribution is -2.26. The normalized spacial score (nSPS) is 10.7. The Morgan fingerprint density at radius 3 is 2.88 bits per heavy atom. The number of aromatic nitrogens is 1. The number of thiazole rings is 1. The van der Waals surface area contributed by atoms with Crippen molar-refractivity contribution in [2.75, 3.05) is 20.7 Å². The number of hydrogen-bond donors (Lipinski definition) is 0. The van der Waals surface area contributed by atoms with Gasteiger partial charge in [-0.1, -0.05) is 12.1 Å². The first-order valence-electron chi connectivity index (χ1n) is 5.29. The van der Waals surface area contributed by atoms with Crippen LogP contribution in [0.4, 0.5) is 0 Å². The first-order valence-corrected chi connectivity index (χ1v) is 6.11. The first-order chi connectivity index (χ1) is 8.16. The molecule has 0 aliphatic heterocycles. The van der Waals surface area contributed by atoms with E-state index in [1.807, 2.05) is 24.3 Å². The summed E-state index contributed by atoms with van der Waals surface area (Å²) in [5, 5.41) is 0.901. The smallest absolute Gasteiger partial charge is 0.248 e. The second kappa shape index (κ2) is 5.25. The van der Waals surface area contributed by atoms with Crippen molar-refractivity contribution in [3.63, 3.8) is 0 Å². The number of hydrogen-bond acceptors (Lipinski definition) is 4. The van der Waals surface area contributed by atoms with E-state index in [1.54, 1.807) is 25.4 Å². The predicted molar refractivity (Wildman–Crippen MR) is 68.0 cm³/mol. The largest absolute Gasteiger partial charge is 0.364 e. The van der Waals surface area contributed by atoms with E-state index in [-0.39, 0.29) is 12.5 Å². The molecule has 2 aromatic rings. The van der Waals surface area contributed by atoms with Gasteiger partial charge in [-0.3, -0.25) is 4.79 Å². The summed E-state index contributed by atoms with van der Waals surface area (Å²) in [4.78, 5) is 17.2. The summed E-state index contributed by atoms with van der Waals surface area (Å²) in [6, 6.07) is 7.95. The molecule has 1 aromatic heterocycles. The molecule has 0 fully saturated rings. The van der Waals surface area contributed by atoms with E-state index in [0.29, 0.717) is 6.61 Å². The fourth-order valence-corrected chi connectivity index (χ4v) is 2.24. The van der Waals surface area contributed by atoms with Crippen LogP contribution in [0, 0.1) is 0 Å². The van der Waals surface area contributed by atoms with E-state index < -0.39 is 0 Å². The molecule has 0 bridgehead atoms. The van der Waals surface area contributed by atoms with Gasteiger partial charge in [0.1, 0.15) is 11.6 Å². The van der Waals surface area contributed by atoms with Gasteiger partial charge in [-0.25, -0.2) is 4.98 Å². The summed E-state index contributed by atoms with van der Waals surface area (Å²) < 4.78 is 6.47. The molecule has 0 radical (unpaired) electrons. The van der Waals surface area contributed by atoms with Gasteiger partial charge in [0.15, 0.2) is 0 Å². The molecule has 1 heterocycles. The third kappa shape index (κ3) is 3.01. The summed E-state index contributed by atoms with van der Waals surface area (Å²) >= 11 is 1.60. The minimum atomic E-state index is -0.0360. The number of fused-ring (bicyclic) bond motifs is 1. The average Bonchev–Trinajstić information content (AvgIpc) is 2.71. The zero-order valence-corrected chi connectivity index (χ0v) is 10.7. The van der Waals surface area contributed by atoms with Gasteiger partial charge >= 0.3 is 0 Å². The van der Waals surface area contributed by atoms with Crippen molar-refractivity contribution in [1.82, 2.24) is 9.88 Å². The zero-order chi connectivity index (χ0) is 12.3. The molecule has 0 spiro atoms. The maximum Gasteiger partial charge on any atom is 0.248 e. The van der Waals surface area contributed by atoms with E-state index in [2.05, 4.69) is 4.98 Å². The molecule has 0 unspecified atom stereocenters. The Labute approximate surface area is 104 Å². The fraction of sp³-hybridized carbons (Fsp3) is 0.333. The maximum absolute atomic E-state index is 11.3. The Hall–Kier alpha value is -1.46. The third-order valence-corrected chi connectivity index (χ3v) is 3.30. The molecule has 0 aliphatic rings. The monoisotopic (exact) mass is 250 g/mol. The summed E-state index contributed by atoms with van der Waals surface area (Å²) in [5.41, 5.74) is 0.982. The minimum absolute atomic E-state index is 0.0360. The standard InChI is InChI=1S/C12H14N2O2S/c1-14(2)12(15)8-16-7-11-13-9-5-3-4-6-10(9)17-11/h3-6H,7-8H2,1-2H3. The molecule has 0 N–H and O–H groups in total. The van der Waals surface area contributed by atoms with Crippen molar-refractivity contribution in [3.05, 3.63) is 29.3 Å². The van der Waals surface area contributed by atoms with Crippen LogP contribution in [0.15, 0.2) is 24.3 Å². The van der Waals surface area contributed by atoms with E-state index in [9.17, 15) is 4.79 Å². The Bertz CT molecular complexity index is 489. The number of carbonyl (C=O) groups is 1. The lowest BCUT2D eigenvalue weighted by Gasteiger charge is -2.09. The van der Waals surface area contributed by atoms with E-state index in [0.717, 1.165) is 15.2 Å². The topological polar surface area (TPSA) is 42.4 Å². The van der Waals surface area contributed by atoms with Crippen molar-refractivity contribution in [3.8, 4) is 0 Å². The summed E-state index contributed by atoms with van der Waals surface area (Å²) in [6.45, 7) is 0.488. The molecule has 2 rings (SSSR count). The lowest BCUT2D eigenvalue weighted by molar-refractivity contribution is -0.133. The molecule has 0 aliphatic carbocycles. The lowest BCUT2D eigenvalue weighted by atomic mass is 10.3. The summed E-state index contributed by atoms with van der Waals surface area (Å²) in [7, 11) is 3.42. The number of rotatable bonds is 4. The van der Waals surface area contributed by atoms with Crippen molar-refractivity contribution >= 4 is 27.5 Å². The van der Waals surface area contributed by atoms with Crippen LogP contribution in [0.1, 0.15) is 5.01 Å². The zero-order valence-electron chi connectivity index (χ0n) is 9.84. The highest BCUT2D eigenvalue weighted by Crippen LogP contribution is 2.21. The predicted octanol–water partition coefficient (Wildman–Crippen LogP) is 1.90. The van der Waals surface area contributed by atoms with Crippen LogP contribution in [0.3, 0.4) is 0 Å². The molecule has 1 amide bonds. The van der Waals surface area contributed by atoms with Crippen molar-refractivity contribution in [2.45, 2.75) is 6.61 Å². The number of likely N-dealkylation sites (N-methyl/N-ethyl adjacent to an activating group) is 1. The summed E-state index contributed by atoms with van der Waals surface area (Å²) in [6.07, 6.45) is 0. The number of benzene rings is 1. The van der Waals surface area contributed by atoms with Gasteiger partial charge < -0.3 is 9.64 Å². The molecule has 0 saturated carbocycles. The Balaban J connectivity index is 1.93. The number of ether oxygens (including phenoxy) is 1. The molecule has 5 heteroatoms. The molecule has 0 saturated heterocycles. The van der Waals surface area contributed by atoms with Crippen LogP contribution in [0.5, 0.6) is 0 Å². The van der Waals surface area contributed by atoms with Crippen molar-refractivity contribution in [2.24, 2.45) is 0 Å². The number of carbonyl (C=O) groups excluding carboxylic acids is 1. The van der Waals surface area contributed by atoms with Crippen LogP contribution in [-0.4, -0.2) is 36.5 Å². The Morgan fingerprint density at radius 2 is 2.18 bits per heavy atom. The van der Waals surface area contributed by atoms with Gasteiger partial charge in [0.25, 0.3) is 0 Å². The van der Waals surface area contributed by atoms with Crippen LogP contribution in [-0.2, 0) is 16.1 Å². The molecule has 17 heavy (non-hydrogen) atoms. The van der Waals surface area contributed by atoms with Crippen LogP contribution in [0.2, 0.25) is 0 Å². The second-order valence-electron chi connectivity index (χ2n) is 3.86. The number of para-hydroxylation sites is 1. The van der Waals surface area contributed by atoms with Gasteiger partial charge in [-0.2, -0.15) is 0 Å². The van der Waals surface area contributed by atoms with E-state index >= 15 is 0 Å². The SMILES string of the molecule is CN(C)C(=O)COCc1nc2ccccc2s1. The van der Waals surface area contributed by atoms with Gasteiger partial charge in [-0.05, 0) is 12.1 Å². The highest BCUT2D eigenvalue weighted by molar-refractivity contribution is 7.18. The fourth-order valence-electron chi connectivity index (χ4n) is 1.34. The van der Waals surface area contributed by atoms with Gasteiger partial charge in [0, 0.05) is 14.1 Å². The van der Waals surface area contributed by atoms with Crippen LogP contribution >= 0.6 is 11.3 Å². The van der Waals surface area contributed by atoms with Gasteiger partial charge in [0.05, 0.1) is 16.8 Å². The first kappa shape index (κ1) is 12.0. The van der Waals surface area contributed by atoms with Gasteiger partial charge in [-0.15, -0.1) is 11.3 Å². The Morgan fingerprint density at radius 1 is 1.41 bits per heavy atom. The molecule has 1 aromatic carbocycles. The van der Waals surface area contributed by atoms with E-state index in [4.69, 9.17) is 4.74 Å². The minimum Gasteiger partial charge on any atom is -0.364 e. The quantitative estimate of drug-likeness (QED) is 0.832. The molecule has 90 valence electrons. The highest BCUT2D eigenvalue weighted by atomic mass is 32.1. The molecule has 4 nitrogen and oxygen atoms in total. The number of nitrogens with zero attached hydrogens (tertiary/aromatic N) is 2.